The van der Waals surface area contributed by atoms with Crippen molar-refractivity contribution in [2.24, 2.45) is 17.8 Å². The van der Waals surface area contributed by atoms with Crippen molar-refractivity contribution in [2.75, 3.05) is 86.7 Å². The summed E-state index contributed by atoms with van der Waals surface area (Å²) >= 11 is 6.49. The number of anilines is 6. The van der Waals surface area contributed by atoms with Gasteiger partial charge < -0.3 is 40.0 Å². The van der Waals surface area contributed by atoms with Gasteiger partial charge >= 0.3 is 0 Å². The lowest BCUT2D eigenvalue weighted by Crippen LogP contribution is -2.53. The summed E-state index contributed by atoms with van der Waals surface area (Å²) in [4.78, 5) is 52.7. The molecule has 5 heterocycles. The number of benzene rings is 3. The van der Waals surface area contributed by atoms with Crippen LogP contribution >= 0.6 is 18.7 Å². The lowest BCUT2D eigenvalue weighted by molar-refractivity contribution is -0.134. The van der Waals surface area contributed by atoms with Crippen LogP contribution in [0.15, 0.2) is 72.9 Å². The Labute approximate surface area is 362 Å². The Kier molecular flexibility index (Phi) is 12.9. The smallest absolute Gasteiger partial charge is 0.251 e. The van der Waals surface area contributed by atoms with E-state index in [4.69, 9.17) is 16.3 Å². The third-order valence-corrected chi connectivity index (χ3v) is 14.5. The molecule has 1 aromatic heterocycles. The van der Waals surface area contributed by atoms with Gasteiger partial charge in [-0.15, -0.1) is 0 Å². The normalized spacial score (nSPS) is 19.6. The molecule has 0 saturated carbocycles. The summed E-state index contributed by atoms with van der Waals surface area (Å²) in [6, 6.07) is 20.6. The van der Waals surface area contributed by atoms with Gasteiger partial charge in [-0.3, -0.25) is 19.7 Å². The average molecular weight is 868 g/mol. The molecule has 4 N–H and O–H groups in total. The van der Waals surface area contributed by atoms with Crippen LogP contribution in [0.2, 0.25) is 5.02 Å². The summed E-state index contributed by atoms with van der Waals surface area (Å²) < 4.78 is 18.7. The van der Waals surface area contributed by atoms with E-state index in [1.54, 1.807) is 38.8 Å². The van der Waals surface area contributed by atoms with Gasteiger partial charge in [0.2, 0.25) is 17.8 Å². The Morgan fingerprint density at radius 3 is 2.25 bits per heavy atom. The van der Waals surface area contributed by atoms with E-state index < -0.39 is 19.1 Å². The molecule has 4 aromatic rings. The Morgan fingerprint density at radius 1 is 0.869 bits per heavy atom. The molecular formula is C45H55ClN9O5P. The van der Waals surface area contributed by atoms with Crippen LogP contribution < -0.4 is 41.1 Å². The molecular weight excluding hydrogens is 813 g/mol. The number of amides is 3. The van der Waals surface area contributed by atoms with Crippen LogP contribution in [0.1, 0.15) is 48.9 Å². The van der Waals surface area contributed by atoms with Gasteiger partial charge in [0.1, 0.15) is 24.0 Å². The zero-order valence-corrected chi connectivity index (χ0v) is 36.7. The first-order valence-electron chi connectivity index (χ1n) is 21.3. The number of piperidine rings is 3. The number of likely N-dealkylation sites (tertiary alicyclic amines) is 1. The number of hydrogen-bond donors (Lipinski definition) is 4. The fourth-order valence-electron chi connectivity index (χ4n) is 9.19. The van der Waals surface area contributed by atoms with Crippen LogP contribution in [-0.4, -0.2) is 105 Å². The fraction of sp³-hybridized carbons (Fsp3) is 0.444. The van der Waals surface area contributed by atoms with Crippen molar-refractivity contribution in [3.05, 3.63) is 83.5 Å². The first-order chi connectivity index (χ1) is 29.4. The zero-order valence-electron chi connectivity index (χ0n) is 35.0. The van der Waals surface area contributed by atoms with E-state index in [0.717, 1.165) is 80.0 Å². The van der Waals surface area contributed by atoms with Crippen molar-refractivity contribution in [1.82, 2.24) is 25.5 Å². The first-order valence-corrected chi connectivity index (χ1v) is 24.2. The van der Waals surface area contributed by atoms with Gasteiger partial charge in [0, 0.05) is 73.4 Å². The van der Waals surface area contributed by atoms with E-state index in [2.05, 4.69) is 58.1 Å². The van der Waals surface area contributed by atoms with E-state index in [1.807, 2.05) is 42.5 Å². The monoisotopic (exact) mass is 867 g/mol. The molecule has 0 spiro atoms. The lowest BCUT2D eigenvalue weighted by Gasteiger charge is -2.45. The van der Waals surface area contributed by atoms with Crippen molar-refractivity contribution in [1.29, 1.82) is 0 Å². The minimum absolute atomic E-state index is 0.228. The number of methoxy groups -OCH3 is 1. The molecule has 16 heteroatoms. The molecule has 4 fully saturated rings. The Hall–Kier alpha value is -5.17. The highest BCUT2D eigenvalue weighted by Gasteiger charge is 2.34. The van der Waals surface area contributed by atoms with Gasteiger partial charge in [0.25, 0.3) is 5.91 Å². The maximum Gasteiger partial charge on any atom is 0.251 e. The van der Waals surface area contributed by atoms with Crippen molar-refractivity contribution in [3.8, 4) is 5.75 Å². The number of carbonyl (C=O) groups is 3. The summed E-state index contributed by atoms with van der Waals surface area (Å²) in [5, 5.41) is 12.7. The standard InChI is InChI=1S/C45H55ClN9O5P/c1-60-39-24-34(12-13-36(39)50-45-47-25-35(46)42(52-45)48-37-6-4-5-7-40(37)61(2,3)59)54-22-18-31(19-23-54)30-16-20-53(21-17-30)26-29-27-55(28-29)33-10-8-32(9-11-33)43(57)49-38-14-15-41(56)51-44(38)58/h4-13,24-25,29-31,38H,14-23,26-28H2,1-3H3,(H,49,57)(H,51,56,58)(H2,47,48,50,52). The number of ether oxygens (including phenoxy) is 1. The molecule has 8 rings (SSSR count). The molecule has 1 atom stereocenters. The molecule has 322 valence electrons. The van der Waals surface area contributed by atoms with Crippen LogP contribution in [0.4, 0.5) is 34.5 Å². The second-order valence-electron chi connectivity index (χ2n) is 17.2. The number of imide groups is 1. The third kappa shape index (κ3) is 10.1. The highest BCUT2D eigenvalue weighted by Crippen LogP contribution is 2.40. The van der Waals surface area contributed by atoms with E-state index in [9.17, 15) is 18.9 Å². The van der Waals surface area contributed by atoms with Crippen LogP contribution in [0, 0.1) is 17.8 Å². The lowest BCUT2D eigenvalue weighted by atomic mass is 9.78. The highest BCUT2D eigenvalue weighted by atomic mass is 35.5. The number of aromatic nitrogens is 2. The summed E-state index contributed by atoms with van der Waals surface area (Å²) in [5.74, 6) is 2.56. The van der Waals surface area contributed by atoms with Crippen LogP contribution in [0.25, 0.3) is 0 Å². The maximum absolute atomic E-state index is 12.9. The molecule has 4 saturated heterocycles. The van der Waals surface area contributed by atoms with Gasteiger partial charge in [0.05, 0.1) is 24.7 Å². The van der Waals surface area contributed by atoms with Crippen LogP contribution in [0.3, 0.4) is 0 Å². The number of nitrogens with zero attached hydrogens (tertiary/aromatic N) is 5. The number of hydrogen-bond acceptors (Lipinski definition) is 12. The van der Waals surface area contributed by atoms with Crippen molar-refractivity contribution in [3.63, 3.8) is 0 Å². The predicted molar refractivity (Wildman–Crippen MR) is 242 cm³/mol. The summed E-state index contributed by atoms with van der Waals surface area (Å²) in [6.07, 6.45) is 6.97. The van der Waals surface area contributed by atoms with Crippen LogP contribution in [0.5, 0.6) is 5.75 Å². The SMILES string of the molecule is COc1cc(N2CCC(C3CCN(CC4CN(c5ccc(C(=O)NC6CCC(=O)NC6=O)cc5)C4)CC3)CC2)ccc1Nc1ncc(Cl)c(Nc2ccccc2P(C)(C)=O)n1. The van der Waals surface area contributed by atoms with E-state index in [0.29, 0.717) is 46.1 Å². The van der Waals surface area contributed by atoms with Crippen molar-refractivity contribution >= 4 is 76.3 Å². The van der Waals surface area contributed by atoms with Crippen LogP contribution in [-0.2, 0) is 14.2 Å². The molecule has 3 amide bonds. The first kappa shape index (κ1) is 42.5. The van der Waals surface area contributed by atoms with E-state index >= 15 is 0 Å². The number of rotatable bonds is 13. The Balaban J connectivity index is 0.767. The van der Waals surface area contributed by atoms with Crippen molar-refractivity contribution in [2.45, 2.75) is 44.6 Å². The minimum atomic E-state index is -2.54. The Bertz CT molecular complexity index is 2290. The molecule has 14 nitrogen and oxygen atoms in total. The zero-order chi connectivity index (χ0) is 42.7. The van der Waals surface area contributed by atoms with Crippen molar-refractivity contribution < 1.29 is 23.7 Å². The number of para-hydroxylation sites is 1. The molecule has 61 heavy (non-hydrogen) atoms. The number of halogens is 1. The molecule has 1 unspecified atom stereocenters. The minimum Gasteiger partial charge on any atom is -0.494 e. The number of carbonyl (C=O) groups excluding carboxylic acids is 3. The molecule has 0 aliphatic carbocycles. The number of nitrogens with one attached hydrogen (secondary N) is 4. The molecule has 0 bridgehead atoms. The second kappa shape index (κ2) is 18.4. The van der Waals surface area contributed by atoms with Gasteiger partial charge in [-0.25, -0.2) is 4.98 Å². The van der Waals surface area contributed by atoms with Gasteiger partial charge in [0.15, 0.2) is 5.82 Å². The highest BCUT2D eigenvalue weighted by molar-refractivity contribution is 7.70. The van der Waals surface area contributed by atoms with E-state index in [1.165, 1.54) is 25.7 Å². The fourth-order valence-corrected chi connectivity index (χ4v) is 10.5. The maximum atomic E-state index is 12.9. The molecule has 4 aliphatic heterocycles. The molecule has 4 aliphatic rings. The van der Waals surface area contributed by atoms with Gasteiger partial charge in [-0.2, -0.15) is 4.98 Å². The average Bonchev–Trinajstić information content (AvgIpc) is 3.24. The summed E-state index contributed by atoms with van der Waals surface area (Å²) in [5.41, 5.74) is 4.18. The molecule has 0 radical (unpaired) electrons. The topological polar surface area (TPSA) is 161 Å². The Morgan fingerprint density at radius 2 is 1.56 bits per heavy atom. The summed E-state index contributed by atoms with van der Waals surface area (Å²) in [7, 11) is -0.873. The quantitative estimate of drug-likeness (QED) is 0.0858. The summed E-state index contributed by atoms with van der Waals surface area (Å²) in [6.45, 7) is 11.0. The van der Waals surface area contributed by atoms with Gasteiger partial charge in [-0.1, -0.05) is 23.7 Å². The van der Waals surface area contributed by atoms with Gasteiger partial charge in [-0.05, 0) is 119 Å². The van der Waals surface area contributed by atoms with E-state index in [-0.39, 0.29) is 18.2 Å². The largest absolute Gasteiger partial charge is 0.494 e. The third-order valence-electron chi connectivity index (χ3n) is 12.6. The second-order valence-corrected chi connectivity index (χ2v) is 20.7. The predicted octanol–water partition coefficient (Wildman–Crippen LogP) is 6.47. The molecule has 3 aromatic carbocycles.